The first-order valence-electron chi connectivity index (χ1n) is 6.56. The first kappa shape index (κ1) is 10.2. The summed E-state index contributed by atoms with van der Waals surface area (Å²) in [5, 5.41) is 1.15. The SMILES string of the molecule is Cc1ccc2c(c1)cc1n2C2(CCCC2)OC1=O. The van der Waals surface area contributed by atoms with Gasteiger partial charge in [-0.25, -0.2) is 4.79 Å². The third kappa shape index (κ3) is 1.12. The standard InChI is InChI=1S/C15H15NO2/c1-10-4-5-12-11(8-10)9-13-14(17)18-15(16(12)13)6-2-3-7-15/h4-5,8-9H,2-3,6-7H2,1H3. The van der Waals surface area contributed by atoms with E-state index in [0.717, 1.165) is 42.3 Å². The Labute approximate surface area is 105 Å². The normalized spacial score (nSPS) is 20.6. The van der Waals surface area contributed by atoms with Crippen LogP contribution in [0.5, 0.6) is 0 Å². The third-order valence-electron chi connectivity index (χ3n) is 4.24. The maximum absolute atomic E-state index is 12.0. The van der Waals surface area contributed by atoms with Crippen LogP contribution in [0.25, 0.3) is 10.9 Å². The maximum Gasteiger partial charge on any atom is 0.357 e. The number of benzene rings is 1. The Hall–Kier alpha value is -1.77. The maximum atomic E-state index is 12.0. The minimum absolute atomic E-state index is 0.161. The number of hydrogen-bond donors (Lipinski definition) is 0. The van der Waals surface area contributed by atoms with Gasteiger partial charge in [-0.1, -0.05) is 11.6 Å². The summed E-state index contributed by atoms with van der Waals surface area (Å²) in [7, 11) is 0. The molecule has 0 N–H and O–H groups in total. The number of ether oxygens (including phenoxy) is 1. The summed E-state index contributed by atoms with van der Waals surface area (Å²) in [5.41, 5.74) is 2.69. The quantitative estimate of drug-likeness (QED) is 0.662. The van der Waals surface area contributed by atoms with E-state index in [-0.39, 0.29) is 11.7 Å². The molecule has 2 aliphatic rings. The molecule has 0 atom stereocenters. The summed E-state index contributed by atoms with van der Waals surface area (Å²) in [5.74, 6) is -0.161. The van der Waals surface area contributed by atoms with Gasteiger partial charge in [0.15, 0.2) is 5.72 Å². The van der Waals surface area contributed by atoms with Crippen molar-refractivity contribution in [3.8, 4) is 0 Å². The molecule has 3 heteroatoms. The fourth-order valence-electron chi connectivity index (χ4n) is 3.45. The zero-order valence-corrected chi connectivity index (χ0v) is 10.4. The highest BCUT2D eigenvalue weighted by molar-refractivity contribution is 5.98. The monoisotopic (exact) mass is 241 g/mol. The highest BCUT2D eigenvalue weighted by atomic mass is 16.6. The number of rotatable bonds is 0. The lowest BCUT2D eigenvalue weighted by Crippen LogP contribution is -2.28. The Bertz CT molecular complexity index is 662. The molecular weight excluding hydrogens is 226 g/mol. The van der Waals surface area contributed by atoms with Gasteiger partial charge in [0, 0.05) is 18.2 Å². The molecule has 0 saturated heterocycles. The summed E-state index contributed by atoms with van der Waals surface area (Å²) in [6.07, 6.45) is 4.17. The number of aromatic nitrogens is 1. The second-order valence-corrected chi connectivity index (χ2v) is 5.47. The molecular formula is C15H15NO2. The van der Waals surface area contributed by atoms with Gasteiger partial charge in [-0.3, -0.25) is 4.57 Å². The Morgan fingerprint density at radius 3 is 2.78 bits per heavy atom. The van der Waals surface area contributed by atoms with Gasteiger partial charge < -0.3 is 4.74 Å². The van der Waals surface area contributed by atoms with Crippen LogP contribution in [0.1, 0.15) is 41.7 Å². The van der Waals surface area contributed by atoms with Crippen molar-refractivity contribution >= 4 is 16.9 Å². The van der Waals surface area contributed by atoms with Crippen molar-refractivity contribution < 1.29 is 9.53 Å². The summed E-state index contributed by atoms with van der Waals surface area (Å²) in [4.78, 5) is 12.0. The van der Waals surface area contributed by atoms with Crippen LogP contribution in [0.15, 0.2) is 24.3 Å². The summed E-state index contributed by atoms with van der Waals surface area (Å²) >= 11 is 0. The van der Waals surface area contributed by atoms with Gasteiger partial charge in [-0.15, -0.1) is 0 Å². The van der Waals surface area contributed by atoms with E-state index in [1.54, 1.807) is 0 Å². The number of carbonyl (C=O) groups excluding carboxylic acids is 1. The minimum Gasteiger partial charge on any atom is -0.434 e. The number of fused-ring (bicyclic) bond motifs is 4. The predicted molar refractivity (Wildman–Crippen MR) is 68.5 cm³/mol. The third-order valence-corrected chi connectivity index (χ3v) is 4.24. The zero-order valence-electron chi connectivity index (χ0n) is 10.4. The molecule has 1 fully saturated rings. The first-order chi connectivity index (χ1) is 8.70. The van der Waals surface area contributed by atoms with Gasteiger partial charge in [-0.2, -0.15) is 0 Å². The molecule has 0 unspecified atom stereocenters. The van der Waals surface area contributed by atoms with Gasteiger partial charge in [-0.05, 0) is 38.0 Å². The second kappa shape index (κ2) is 3.16. The number of esters is 1. The molecule has 18 heavy (non-hydrogen) atoms. The Morgan fingerprint density at radius 2 is 2.00 bits per heavy atom. The average Bonchev–Trinajstić information content (AvgIpc) is 2.98. The van der Waals surface area contributed by atoms with Crippen LogP contribution >= 0.6 is 0 Å². The van der Waals surface area contributed by atoms with Crippen molar-refractivity contribution in [2.75, 3.05) is 0 Å². The largest absolute Gasteiger partial charge is 0.434 e. The van der Waals surface area contributed by atoms with Crippen LogP contribution < -0.4 is 0 Å². The molecule has 1 aliphatic carbocycles. The number of carbonyl (C=O) groups is 1. The molecule has 4 rings (SSSR count). The molecule has 0 radical (unpaired) electrons. The van der Waals surface area contributed by atoms with Crippen molar-refractivity contribution in [1.29, 1.82) is 0 Å². The van der Waals surface area contributed by atoms with E-state index < -0.39 is 0 Å². The second-order valence-electron chi connectivity index (χ2n) is 5.47. The van der Waals surface area contributed by atoms with Gasteiger partial charge in [0.1, 0.15) is 5.69 Å². The van der Waals surface area contributed by atoms with Gasteiger partial charge in [0.2, 0.25) is 0 Å². The molecule has 92 valence electrons. The van der Waals surface area contributed by atoms with Crippen LogP contribution in [0.3, 0.4) is 0 Å². The molecule has 1 aromatic heterocycles. The van der Waals surface area contributed by atoms with Crippen molar-refractivity contribution in [2.45, 2.75) is 38.3 Å². The smallest absolute Gasteiger partial charge is 0.357 e. The first-order valence-corrected chi connectivity index (χ1v) is 6.56. The van der Waals surface area contributed by atoms with Crippen LogP contribution in [-0.2, 0) is 10.5 Å². The van der Waals surface area contributed by atoms with E-state index in [1.807, 2.05) is 6.07 Å². The van der Waals surface area contributed by atoms with Crippen LogP contribution in [0.2, 0.25) is 0 Å². The molecule has 3 nitrogen and oxygen atoms in total. The van der Waals surface area contributed by atoms with E-state index in [9.17, 15) is 4.79 Å². The van der Waals surface area contributed by atoms with Crippen molar-refractivity contribution in [3.63, 3.8) is 0 Å². The predicted octanol–water partition coefficient (Wildman–Crippen LogP) is 3.35. The summed E-state index contributed by atoms with van der Waals surface area (Å²) < 4.78 is 7.82. The highest BCUT2D eigenvalue weighted by Gasteiger charge is 2.47. The molecule has 0 amide bonds. The lowest BCUT2D eigenvalue weighted by atomic mass is 10.1. The van der Waals surface area contributed by atoms with Gasteiger partial charge in [0.25, 0.3) is 0 Å². The number of nitrogens with zero attached hydrogens (tertiary/aromatic N) is 1. The fraction of sp³-hybridized carbons (Fsp3) is 0.400. The van der Waals surface area contributed by atoms with E-state index in [1.165, 1.54) is 5.56 Å². The van der Waals surface area contributed by atoms with Crippen LogP contribution in [0, 0.1) is 6.92 Å². The molecule has 1 aliphatic heterocycles. The molecule has 2 aromatic rings. The van der Waals surface area contributed by atoms with Crippen LogP contribution in [-0.4, -0.2) is 10.5 Å². The Kier molecular flexibility index (Phi) is 1.79. The van der Waals surface area contributed by atoms with E-state index in [4.69, 9.17) is 4.74 Å². The van der Waals surface area contributed by atoms with E-state index >= 15 is 0 Å². The van der Waals surface area contributed by atoms with E-state index in [0.29, 0.717) is 0 Å². The lowest BCUT2D eigenvalue weighted by Gasteiger charge is -2.25. The molecule has 1 spiro atoms. The topological polar surface area (TPSA) is 31.2 Å². The molecule has 2 heterocycles. The van der Waals surface area contributed by atoms with Gasteiger partial charge in [0.05, 0.1) is 5.52 Å². The lowest BCUT2D eigenvalue weighted by molar-refractivity contribution is -0.0366. The Morgan fingerprint density at radius 1 is 1.22 bits per heavy atom. The van der Waals surface area contributed by atoms with Gasteiger partial charge >= 0.3 is 5.97 Å². The Balaban J connectivity index is 2.05. The van der Waals surface area contributed by atoms with E-state index in [2.05, 4.69) is 29.7 Å². The molecule has 1 saturated carbocycles. The molecule has 1 aromatic carbocycles. The summed E-state index contributed by atoms with van der Waals surface area (Å²) in [6.45, 7) is 2.08. The summed E-state index contributed by atoms with van der Waals surface area (Å²) in [6, 6.07) is 8.31. The fourth-order valence-corrected chi connectivity index (χ4v) is 3.45. The number of hydrogen-bond acceptors (Lipinski definition) is 2. The average molecular weight is 241 g/mol. The molecule has 0 bridgehead atoms. The van der Waals surface area contributed by atoms with Crippen LogP contribution in [0.4, 0.5) is 0 Å². The highest BCUT2D eigenvalue weighted by Crippen LogP contribution is 2.45. The zero-order chi connectivity index (χ0) is 12.3. The van der Waals surface area contributed by atoms with Crippen molar-refractivity contribution in [1.82, 2.24) is 4.57 Å². The minimum atomic E-state index is -0.385. The number of aryl methyl sites for hydroxylation is 1. The van der Waals surface area contributed by atoms with Crippen molar-refractivity contribution in [2.24, 2.45) is 0 Å². The van der Waals surface area contributed by atoms with Crippen molar-refractivity contribution in [3.05, 3.63) is 35.5 Å².